The highest BCUT2D eigenvalue weighted by Crippen LogP contribution is 2.37. The molecule has 0 saturated heterocycles. The Bertz CT molecular complexity index is 1230. The molecule has 3 rings (SSSR count). The Kier molecular flexibility index (Phi) is 8.54. The molecule has 0 aliphatic carbocycles. The first-order valence-corrected chi connectivity index (χ1v) is 12.4. The summed E-state index contributed by atoms with van der Waals surface area (Å²) in [4.78, 5) is 18.0. The summed E-state index contributed by atoms with van der Waals surface area (Å²) in [5.74, 6) is 1.72. The van der Waals surface area contributed by atoms with Crippen molar-refractivity contribution in [3.63, 3.8) is 0 Å². The number of aromatic nitrogens is 2. The fraction of sp³-hybridized carbons (Fsp3) is 0.400. The van der Waals surface area contributed by atoms with Gasteiger partial charge in [0.2, 0.25) is 0 Å². The first kappa shape index (κ1) is 25.2. The maximum atomic E-state index is 13.3. The molecule has 0 spiro atoms. The van der Waals surface area contributed by atoms with Crippen LogP contribution in [0.25, 0.3) is 10.9 Å². The number of ether oxygens (including phenoxy) is 2. The Morgan fingerprint density at radius 1 is 1.18 bits per heavy atom. The minimum atomic E-state index is -0.222. The molecule has 0 bridgehead atoms. The summed E-state index contributed by atoms with van der Waals surface area (Å²) in [5.41, 5.74) is 1.12. The molecular formula is C25H29BrClN3O3. The summed E-state index contributed by atoms with van der Waals surface area (Å²) in [6.45, 7) is 10.5. The third kappa shape index (κ3) is 5.76. The normalized spacial score (nSPS) is 13.4. The zero-order valence-electron chi connectivity index (χ0n) is 19.6. The van der Waals surface area contributed by atoms with Crippen molar-refractivity contribution in [3.05, 3.63) is 61.6 Å². The van der Waals surface area contributed by atoms with Gasteiger partial charge in [0.05, 0.1) is 34.9 Å². The molecule has 0 radical (unpaired) electrons. The fourth-order valence-corrected chi connectivity index (χ4v) is 3.85. The summed E-state index contributed by atoms with van der Waals surface area (Å²) < 4.78 is 13.9. The van der Waals surface area contributed by atoms with Crippen LogP contribution < -0.4 is 15.0 Å². The van der Waals surface area contributed by atoms with Crippen molar-refractivity contribution in [2.24, 2.45) is 5.10 Å². The molecule has 6 nitrogen and oxygen atoms in total. The smallest absolute Gasteiger partial charge is 0.282 e. The van der Waals surface area contributed by atoms with Gasteiger partial charge in [-0.2, -0.15) is 9.78 Å². The molecule has 0 N–H and O–H groups in total. The monoisotopic (exact) mass is 533 g/mol. The Morgan fingerprint density at radius 3 is 2.61 bits per heavy atom. The lowest BCUT2D eigenvalue weighted by Gasteiger charge is -2.18. The zero-order valence-corrected chi connectivity index (χ0v) is 21.9. The Labute approximate surface area is 207 Å². The van der Waals surface area contributed by atoms with Crippen molar-refractivity contribution in [2.45, 2.75) is 59.5 Å². The van der Waals surface area contributed by atoms with Gasteiger partial charge in [-0.3, -0.25) is 4.79 Å². The van der Waals surface area contributed by atoms with Gasteiger partial charge in [-0.15, -0.1) is 0 Å². The van der Waals surface area contributed by atoms with Crippen molar-refractivity contribution >= 4 is 44.6 Å². The highest BCUT2D eigenvalue weighted by atomic mass is 79.9. The summed E-state index contributed by atoms with van der Waals surface area (Å²) in [5, 5.41) is 5.45. The number of rotatable bonds is 9. The van der Waals surface area contributed by atoms with Crippen LogP contribution in [0.15, 0.2) is 44.7 Å². The lowest BCUT2D eigenvalue weighted by Crippen LogP contribution is -2.23. The third-order valence-corrected chi connectivity index (χ3v) is 6.21. The number of nitrogens with zero attached hydrogens (tertiary/aromatic N) is 3. The van der Waals surface area contributed by atoms with Gasteiger partial charge in [0.25, 0.3) is 5.56 Å². The zero-order chi connectivity index (χ0) is 24.1. The maximum absolute atomic E-state index is 13.3. The Morgan fingerprint density at radius 2 is 1.94 bits per heavy atom. The van der Waals surface area contributed by atoms with Crippen molar-refractivity contribution in [3.8, 4) is 11.5 Å². The van der Waals surface area contributed by atoms with Gasteiger partial charge in [0.1, 0.15) is 5.82 Å². The van der Waals surface area contributed by atoms with Crippen molar-refractivity contribution in [2.75, 3.05) is 6.61 Å². The number of benzene rings is 2. The van der Waals surface area contributed by atoms with Crippen LogP contribution in [0.1, 0.15) is 64.8 Å². The molecule has 1 heterocycles. The van der Waals surface area contributed by atoms with Gasteiger partial charge in [-0.05, 0) is 62.6 Å². The van der Waals surface area contributed by atoms with Crippen LogP contribution in [-0.4, -0.2) is 28.6 Å². The lowest BCUT2D eigenvalue weighted by molar-refractivity contribution is 0.203. The van der Waals surface area contributed by atoms with Crippen LogP contribution in [0, 0.1) is 0 Å². The van der Waals surface area contributed by atoms with E-state index >= 15 is 0 Å². The highest BCUT2D eigenvalue weighted by molar-refractivity contribution is 9.10. The van der Waals surface area contributed by atoms with Gasteiger partial charge < -0.3 is 9.47 Å². The summed E-state index contributed by atoms with van der Waals surface area (Å²) in [6, 6.07) is 9.05. The van der Waals surface area contributed by atoms with E-state index in [1.54, 1.807) is 18.3 Å². The average molecular weight is 535 g/mol. The molecular weight excluding hydrogens is 506 g/mol. The van der Waals surface area contributed by atoms with E-state index < -0.39 is 0 Å². The maximum Gasteiger partial charge on any atom is 0.282 e. The highest BCUT2D eigenvalue weighted by Gasteiger charge is 2.17. The second-order valence-corrected chi connectivity index (χ2v) is 9.22. The van der Waals surface area contributed by atoms with Crippen molar-refractivity contribution in [1.82, 2.24) is 9.66 Å². The van der Waals surface area contributed by atoms with E-state index in [0.29, 0.717) is 45.4 Å². The molecule has 33 heavy (non-hydrogen) atoms. The van der Waals surface area contributed by atoms with Gasteiger partial charge in [-0.25, -0.2) is 4.98 Å². The molecule has 1 aromatic heterocycles. The van der Waals surface area contributed by atoms with Crippen molar-refractivity contribution < 1.29 is 9.47 Å². The second kappa shape index (κ2) is 11.2. The SMILES string of the molecule is CCOc1cc(C=Nn2c([C@@H](C)CC)nc3ccc(Br)cc3c2=O)cc(Cl)c1O[C@H](C)CC. The Hall–Kier alpha value is -2.38. The molecule has 176 valence electrons. The van der Waals surface area contributed by atoms with E-state index in [0.717, 1.165) is 17.3 Å². The molecule has 3 aromatic rings. The molecule has 0 aliphatic rings. The van der Waals surface area contributed by atoms with Crippen LogP contribution in [0.5, 0.6) is 11.5 Å². The predicted molar refractivity (Wildman–Crippen MR) is 138 cm³/mol. The predicted octanol–water partition coefficient (Wildman–Crippen LogP) is 6.78. The van der Waals surface area contributed by atoms with E-state index in [1.165, 1.54) is 4.68 Å². The first-order chi connectivity index (χ1) is 15.8. The van der Waals surface area contributed by atoms with E-state index in [2.05, 4.69) is 28.0 Å². The van der Waals surface area contributed by atoms with E-state index in [4.69, 9.17) is 26.1 Å². The van der Waals surface area contributed by atoms with E-state index in [-0.39, 0.29) is 17.6 Å². The number of fused-ring (bicyclic) bond motifs is 1. The van der Waals surface area contributed by atoms with Crippen LogP contribution in [-0.2, 0) is 0 Å². The summed E-state index contributed by atoms with van der Waals surface area (Å²) in [7, 11) is 0. The largest absolute Gasteiger partial charge is 0.490 e. The van der Waals surface area contributed by atoms with Crippen molar-refractivity contribution in [1.29, 1.82) is 0 Å². The van der Waals surface area contributed by atoms with Crippen LogP contribution in [0.3, 0.4) is 0 Å². The summed E-state index contributed by atoms with van der Waals surface area (Å²) >= 11 is 9.96. The first-order valence-electron chi connectivity index (χ1n) is 11.2. The van der Waals surface area contributed by atoms with Gasteiger partial charge in [0.15, 0.2) is 11.5 Å². The van der Waals surface area contributed by atoms with Crippen LogP contribution >= 0.6 is 27.5 Å². The van der Waals surface area contributed by atoms with E-state index in [9.17, 15) is 4.79 Å². The topological polar surface area (TPSA) is 65.7 Å². The third-order valence-electron chi connectivity index (χ3n) is 5.43. The van der Waals surface area contributed by atoms with Gasteiger partial charge >= 0.3 is 0 Å². The average Bonchev–Trinajstić information content (AvgIpc) is 2.80. The molecule has 2 aromatic carbocycles. The van der Waals surface area contributed by atoms with E-state index in [1.807, 2.05) is 45.9 Å². The molecule has 0 saturated carbocycles. The minimum Gasteiger partial charge on any atom is -0.490 e. The van der Waals surface area contributed by atoms with Crippen LogP contribution in [0.2, 0.25) is 5.02 Å². The number of halogens is 2. The fourth-order valence-electron chi connectivity index (χ4n) is 3.23. The summed E-state index contributed by atoms with van der Waals surface area (Å²) in [6.07, 6.45) is 3.27. The van der Waals surface area contributed by atoms with Crippen LogP contribution in [0.4, 0.5) is 0 Å². The second-order valence-electron chi connectivity index (χ2n) is 7.90. The molecule has 0 amide bonds. The quantitative estimate of drug-likeness (QED) is 0.284. The number of hydrogen-bond acceptors (Lipinski definition) is 5. The lowest BCUT2D eigenvalue weighted by atomic mass is 10.1. The molecule has 0 unspecified atom stereocenters. The number of hydrogen-bond donors (Lipinski definition) is 0. The van der Waals surface area contributed by atoms with Gasteiger partial charge in [-0.1, -0.05) is 48.3 Å². The molecule has 0 fully saturated rings. The van der Waals surface area contributed by atoms with Gasteiger partial charge in [0, 0.05) is 10.4 Å². The minimum absolute atomic E-state index is 0.000822. The Balaban J connectivity index is 2.11. The molecule has 8 heteroatoms. The molecule has 0 aliphatic heterocycles. The molecule has 2 atom stereocenters. The standard InChI is InChI=1S/C25H29BrClN3O3/c1-6-15(4)24-29-21-10-9-18(26)13-19(21)25(31)30(24)28-14-17-11-20(27)23(33-16(5)7-2)22(12-17)32-8-3/h9-16H,6-8H2,1-5H3/t15-,16+/m0/s1.